The molecule has 2 saturated heterocycles. The summed E-state index contributed by atoms with van der Waals surface area (Å²) >= 11 is 0. The summed E-state index contributed by atoms with van der Waals surface area (Å²) < 4.78 is 37.0. The van der Waals surface area contributed by atoms with Crippen LogP contribution in [-0.2, 0) is 28.5 Å². The molecule has 0 radical (unpaired) electrons. The number of rotatable bonds is 5. The first kappa shape index (κ1) is 46.0. The van der Waals surface area contributed by atoms with E-state index in [4.69, 9.17) is 28.1 Å². The first-order valence-corrected chi connectivity index (χ1v) is 23.3. The second-order valence-corrected chi connectivity index (χ2v) is 24.5. The van der Waals surface area contributed by atoms with Crippen LogP contribution in [0.4, 0.5) is 15.3 Å². The predicted octanol–water partition coefficient (Wildman–Crippen LogP) is 9.70. The zero-order valence-corrected chi connectivity index (χ0v) is 38.1. The zero-order valence-electron chi connectivity index (χ0n) is 37.1. The Kier molecular flexibility index (Phi) is 13.9. The van der Waals surface area contributed by atoms with Crippen molar-refractivity contribution >= 4 is 44.0 Å². The van der Waals surface area contributed by atoms with Crippen molar-refractivity contribution in [2.24, 2.45) is 11.8 Å². The maximum absolute atomic E-state index is 14.4. The SMILES string of the molecule is C[C@@H]1C=CC(=O)[C@H]2OC(C)(C)O[C@H]2CC=Cc2cc(N(CC3CCN(C(=O)OC(C)(C)C)CC3)C(=O)OC(C)(C)C)cc(O[Si](C)(C)C(C)(C)C)c2C(=O)O[C@H]1C. The van der Waals surface area contributed by atoms with Gasteiger partial charge in [-0.05, 0) is 123 Å². The van der Waals surface area contributed by atoms with E-state index < -0.39 is 55.7 Å². The Hall–Kier alpha value is -3.68. The monoisotopic (exact) mass is 812 g/mol. The number of esters is 1. The number of ether oxygens (including phenoxy) is 5. The molecule has 0 aliphatic carbocycles. The van der Waals surface area contributed by atoms with Crippen LogP contribution in [0, 0.1) is 11.8 Å². The van der Waals surface area contributed by atoms with Crippen LogP contribution in [0.5, 0.6) is 5.75 Å². The summed E-state index contributed by atoms with van der Waals surface area (Å²) in [6.07, 6.45) is 5.60. The molecule has 4 atom stereocenters. The Morgan fingerprint density at radius 3 is 2.11 bits per heavy atom. The second kappa shape index (κ2) is 17.3. The van der Waals surface area contributed by atoms with Gasteiger partial charge in [-0.1, -0.05) is 45.9 Å². The smallest absolute Gasteiger partial charge is 0.414 e. The van der Waals surface area contributed by atoms with E-state index in [1.165, 1.54) is 6.08 Å². The van der Waals surface area contributed by atoms with E-state index in [-0.39, 0.29) is 34.3 Å². The quantitative estimate of drug-likeness (QED) is 0.161. The first-order valence-electron chi connectivity index (χ1n) is 20.4. The standard InChI is InChI=1S/C44H68N2O10Si/c1-28-19-20-33(47)37-34(52-44(12,13)53-37)18-16-17-31-25-32(26-35(36(31)38(48)51-29(28)2)56-57(14,15)43(9,10)11)46(40(50)55-42(6,7)8)27-30-21-23-45(24-22-30)39(49)54-41(3,4)5/h16-17,19-20,25-26,28-30,34,37H,18,21-24,27H2,1-15H3/t28-,29+,34+,37-/m1/s1. The van der Waals surface area contributed by atoms with Crippen LogP contribution in [0.25, 0.3) is 6.08 Å². The van der Waals surface area contributed by atoms with Crippen molar-refractivity contribution in [3.8, 4) is 5.75 Å². The minimum atomic E-state index is -2.59. The van der Waals surface area contributed by atoms with Crippen LogP contribution in [0.3, 0.4) is 0 Å². The second-order valence-electron chi connectivity index (χ2n) is 19.7. The van der Waals surface area contributed by atoms with Crippen molar-refractivity contribution in [2.45, 2.75) is 163 Å². The highest BCUT2D eigenvalue weighted by molar-refractivity contribution is 6.74. The van der Waals surface area contributed by atoms with Gasteiger partial charge in [0.2, 0.25) is 0 Å². The number of carbonyl (C=O) groups excluding carboxylic acids is 4. The summed E-state index contributed by atoms with van der Waals surface area (Å²) in [7, 11) is -2.59. The molecular formula is C44H68N2O10Si. The van der Waals surface area contributed by atoms with Crippen molar-refractivity contribution in [3.63, 3.8) is 0 Å². The van der Waals surface area contributed by atoms with E-state index in [2.05, 4.69) is 33.9 Å². The molecule has 0 saturated carbocycles. The fourth-order valence-electron chi connectivity index (χ4n) is 6.53. The molecule has 3 aliphatic heterocycles. The van der Waals surface area contributed by atoms with E-state index in [0.29, 0.717) is 55.9 Å². The minimum absolute atomic E-state index is 0.0304. The summed E-state index contributed by atoms with van der Waals surface area (Å²) in [4.78, 5) is 58.2. The van der Waals surface area contributed by atoms with Gasteiger partial charge >= 0.3 is 18.2 Å². The van der Waals surface area contributed by atoms with Crippen molar-refractivity contribution in [1.29, 1.82) is 0 Å². The molecule has 13 heteroatoms. The van der Waals surface area contributed by atoms with E-state index in [9.17, 15) is 19.2 Å². The normalized spacial score (nSPS) is 23.9. The van der Waals surface area contributed by atoms with Gasteiger partial charge in [-0.3, -0.25) is 9.69 Å². The van der Waals surface area contributed by atoms with Crippen LogP contribution >= 0.6 is 0 Å². The fourth-order valence-corrected chi connectivity index (χ4v) is 7.55. The number of hydrogen-bond acceptors (Lipinski definition) is 10. The maximum atomic E-state index is 14.4. The summed E-state index contributed by atoms with van der Waals surface area (Å²) in [6, 6.07) is 3.56. The predicted molar refractivity (Wildman–Crippen MR) is 224 cm³/mol. The van der Waals surface area contributed by atoms with Gasteiger partial charge in [0.15, 0.2) is 11.6 Å². The molecule has 0 unspecified atom stereocenters. The number of anilines is 1. The Balaban J connectivity index is 1.86. The van der Waals surface area contributed by atoms with Crippen LogP contribution in [-0.4, -0.2) is 92.1 Å². The van der Waals surface area contributed by atoms with Gasteiger partial charge in [-0.2, -0.15) is 0 Å². The van der Waals surface area contributed by atoms with Crippen molar-refractivity contribution in [2.75, 3.05) is 24.5 Å². The van der Waals surface area contributed by atoms with Gasteiger partial charge in [-0.15, -0.1) is 0 Å². The molecule has 0 aromatic heterocycles. The largest absolute Gasteiger partial charge is 0.543 e. The molecule has 0 bridgehead atoms. The maximum Gasteiger partial charge on any atom is 0.414 e. The summed E-state index contributed by atoms with van der Waals surface area (Å²) in [5.74, 6) is -1.73. The molecule has 1 aromatic rings. The highest BCUT2D eigenvalue weighted by atomic mass is 28.4. The van der Waals surface area contributed by atoms with Crippen LogP contribution in [0.2, 0.25) is 18.1 Å². The highest BCUT2D eigenvalue weighted by Crippen LogP contribution is 2.42. The van der Waals surface area contributed by atoms with E-state index in [1.807, 2.05) is 54.5 Å². The minimum Gasteiger partial charge on any atom is -0.543 e. The van der Waals surface area contributed by atoms with E-state index in [0.717, 1.165) is 0 Å². The molecule has 318 valence electrons. The molecule has 57 heavy (non-hydrogen) atoms. The van der Waals surface area contributed by atoms with Crippen molar-refractivity contribution < 1.29 is 47.3 Å². The number of fused-ring (bicyclic) bond motifs is 2. The summed E-state index contributed by atoms with van der Waals surface area (Å²) in [6.45, 7) is 30.1. The Morgan fingerprint density at radius 2 is 1.53 bits per heavy atom. The van der Waals surface area contributed by atoms with Crippen molar-refractivity contribution in [1.82, 2.24) is 4.90 Å². The number of benzene rings is 1. The molecule has 0 N–H and O–H groups in total. The Bertz CT molecular complexity index is 1710. The Morgan fingerprint density at radius 1 is 0.912 bits per heavy atom. The third kappa shape index (κ3) is 12.4. The molecular weight excluding hydrogens is 745 g/mol. The molecule has 3 heterocycles. The number of piperidine rings is 1. The van der Waals surface area contributed by atoms with E-state index in [1.54, 1.807) is 54.9 Å². The lowest BCUT2D eigenvalue weighted by molar-refractivity contribution is -0.152. The summed E-state index contributed by atoms with van der Waals surface area (Å²) in [5.41, 5.74) is -0.185. The van der Waals surface area contributed by atoms with E-state index >= 15 is 0 Å². The number of hydrogen-bond donors (Lipinski definition) is 0. The van der Waals surface area contributed by atoms with Gasteiger partial charge in [-0.25, -0.2) is 14.4 Å². The molecule has 4 rings (SSSR count). The zero-order chi connectivity index (χ0) is 42.9. The summed E-state index contributed by atoms with van der Waals surface area (Å²) in [5, 5.41) is -0.231. The number of nitrogens with zero attached hydrogens (tertiary/aromatic N) is 2. The van der Waals surface area contributed by atoms with Crippen LogP contribution in [0.15, 0.2) is 30.4 Å². The number of amides is 2. The molecule has 12 nitrogen and oxygen atoms in total. The molecule has 0 spiro atoms. The van der Waals surface area contributed by atoms with Gasteiger partial charge in [0, 0.05) is 31.6 Å². The molecule has 1 aromatic carbocycles. The fraction of sp³-hybridized carbons (Fsp3) is 0.682. The van der Waals surface area contributed by atoms with Crippen molar-refractivity contribution in [3.05, 3.63) is 41.5 Å². The number of likely N-dealkylation sites (tertiary alicyclic amines) is 1. The Labute approximate surface area is 341 Å². The lowest BCUT2D eigenvalue weighted by atomic mass is 9.95. The highest BCUT2D eigenvalue weighted by Gasteiger charge is 2.44. The average Bonchev–Trinajstić information content (AvgIpc) is 3.37. The van der Waals surface area contributed by atoms with Gasteiger partial charge < -0.3 is 33.0 Å². The van der Waals surface area contributed by atoms with Gasteiger partial charge in [0.25, 0.3) is 8.32 Å². The molecule has 2 fully saturated rings. The third-order valence-corrected chi connectivity index (χ3v) is 15.2. The van der Waals surface area contributed by atoms with Crippen LogP contribution in [0.1, 0.15) is 125 Å². The molecule has 2 amide bonds. The van der Waals surface area contributed by atoms with Gasteiger partial charge in [0.05, 0.1) is 11.8 Å². The number of ketones is 1. The lowest BCUT2D eigenvalue weighted by Crippen LogP contribution is -2.46. The third-order valence-electron chi connectivity index (χ3n) is 10.9. The molecule has 3 aliphatic rings. The lowest BCUT2D eigenvalue weighted by Gasteiger charge is -2.38. The first-order chi connectivity index (χ1) is 26.1. The van der Waals surface area contributed by atoms with Crippen LogP contribution < -0.4 is 9.33 Å². The number of cyclic esters (lactones) is 1. The van der Waals surface area contributed by atoms with Gasteiger partial charge in [0.1, 0.15) is 34.7 Å². The topological polar surface area (TPSA) is 130 Å². The number of carbonyl (C=O) groups is 4. The average molecular weight is 813 g/mol.